The summed E-state index contributed by atoms with van der Waals surface area (Å²) in [6.07, 6.45) is 6.72. The molecule has 0 aromatic carbocycles. The molecule has 0 amide bonds. The molecule has 4 heteroatoms. The third-order valence-corrected chi connectivity index (χ3v) is 12.7. The van der Waals surface area contributed by atoms with E-state index in [1.807, 2.05) is 13.8 Å². The number of hydrogen-bond donors (Lipinski definition) is 4. The van der Waals surface area contributed by atoms with E-state index in [1.54, 1.807) is 0 Å². The minimum Gasteiger partial charge on any atom is -0.393 e. The predicted octanol–water partition coefficient (Wildman–Crippen LogP) is 5.47. The summed E-state index contributed by atoms with van der Waals surface area (Å²) in [7, 11) is 0. The highest BCUT2D eigenvalue weighted by molar-refractivity contribution is 5.20. The summed E-state index contributed by atoms with van der Waals surface area (Å²) >= 11 is 0. The molecule has 4 aliphatic carbocycles. The van der Waals surface area contributed by atoms with Crippen molar-refractivity contribution >= 4 is 0 Å². The van der Waals surface area contributed by atoms with E-state index in [0.717, 1.165) is 50.5 Å². The highest BCUT2D eigenvalue weighted by Crippen LogP contribution is 2.75. The van der Waals surface area contributed by atoms with E-state index in [2.05, 4.69) is 41.2 Å². The number of rotatable bonds is 5. The molecular weight excluding hydrogens is 424 g/mol. The second-order valence-electron chi connectivity index (χ2n) is 14.6. The Morgan fingerprint density at radius 2 is 1.59 bits per heavy atom. The van der Waals surface area contributed by atoms with Crippen LogP contribution in [0.25, 0.3) is 0 Å². The smallest absolute Gasteiger partial charge is 0.0745 e. The molecule has 0 heterocycles. The Labute approximate surface area is 208 Å². The molecule has 4 rings (SSSR count). The van der Waals surface area contributed by atoms with Crippen molar-refractivity contribution in [2.45, 2.75) is 130 Å². The van der Waals surface area contributed by atoms with Crippen molar-refractivity contribution in [3.63, 3.8) is 0 Å². The predicted molar refractivity (Wildman–Crippen MR) is 137 cm³/mol. The first-order valence-corrected chi connectivity index (χ1v) is 13.9. The number of fused-ring (bicyclic) bond motifs is 5. The maximum atomic E-state index is 11.8. The lowest BCUT2D eigenvalue weighted by molar-refractivity contribution is -0.246. The van der Waals surface area contributed by atoms with E-state index in [-0.39, 0.29) is 39.6 Å². The fourth-order valence-electron chi connectivity index (χ4n) is 10.3. The number of aliphatic hydroxyl groups is 4. The maximum Gasteiger partial charge on any atom is 0.0745 e. The van der Waals surface area contributed by atoms with Crippen LogP contribution in [0, 0.1) is 45.3 Å². The zero-order valence-corrected chi connectivity index (χ0v) is 22.9. The quantitative estimate of drug-likeness (QED) is 0.397. The Bertz CT molecular complexity index is 804. The Morgan fingerprint density at radius 3 is 2.21 bits per heavy atom. The SMILES string of the molecule is C=C(C)C(O)CCC(C)(O)C1CCC2(C)C1C(O)CC1C3(C)CCC(O)C(C)(C)C3CCC12C. The van der Waals surface area contributed by atoms with Gasteiger partial charge < -0.3 is 20.4 Å². The molecule has 0 radical (unpaired) electrons. The van der Waals surface area contributed by atoms with Gasteiger partial charge in [-0.2, -0.15) is 0 Å². The summed E-state index contributed by atoms with van der Waals surface area (Å²) in [6.45, 7) is 19.5. The van der Waals surface area contributed by atoms with Crippen molar-refractivity contribution in [1.29, 1.82) is 0 Å². The standard InChI is InChI=1S/C30H52O4/c1-18(2)20(31)10-16-30(8,34)19-9-14-29(7)25(19)21(32)17-23-27(5)13-12-24(33)26(3,4)22(27)11-15-28(23,29)6/h19-25,31-34H,1,9-17H2,2-8H3. The molecule has 0 spiro atoms. The van der Waals surface area contributed by atoms with Crippen molar-refractivity contribution in [2.75, 3.05) is 0 Å². The molecule has 0 aromatic rings. The lowest BCUT2D eigenvalue weighted by atomic mass is 9.35. The van der Waals surface area contributed by atoms with Gasteiger partial charge in [0, 0.05) is 0 Å². The van der Waals surface area contributed by atoms with Crippen molar-refractivity contribution < 1.29 is 20.4 Å². The van der Waals surface area contributed by atoms with E-state index < -0.39 is 17.8 Å². The molecule has 11 atom stereocenters. The molecule has 11 unspecified atom stereocenters. The normalized spacial score (nSPS) is 50.4. The monoisotopic (exact) mass is 476 g/mol. The van der Waals surface area contributed by atoms with Crippen LogP contribution in [0.5, 0.6) is 0 Å². The molecule has 4 aliphatic rings. The number of aliphatic hydroxyl groups excluding tert-OH is 3. The minimum absolute atomic E-state index is 0.0227. The lowest BCUT2D eigenvalue weighted by Crippen LogP contribution is -2.66. The van der Waals surface area contributed by atoms with Crippen molar-refractivity contribution in [3.05, 3.63) is 12.2 Å². The molecule has 4 fully saturated rings. The van der Waals surface area contributed by atoms with Gasteiger partial charge in [0.25, 0.3) is 0 Å². The second-order valence-corrected chi connectivity index (χ2v) is 14.6. The molecule has 4 N–H and O–H groups in total. The maximum absolute atomic E-state index is 11.8. The van der Waals surface area contributed by atoms with Crippen LogP contribution in [0.15, 0.2) is 12.2 Å². The van der Waals surface area contributed by atoms with Crippen LogP contribution in [0.2, 0.25) is 0 Å². The van der Waals surface area contributed by atoms with Gasteiger partial charge in [0.1, 0.15) is 0 Å². The summed E-state index contributed by atoms with van der Waals surface area (Å²) in [5.41, 5.74) is -0.0556. The average Bonchev–Trinajstić information content (AvgIpc) is 3.12. The molecular formula is C30H52O4. The highest BCUT2D eigenvalue weighted by Gasteiger charge is 2.71. The van der Waals surface area contributed by atoms with Gasteiger partial charge in [0.05, 0.1) is 23.9 Å². The molecule has 0 saturated heterocycles. The summed E-state index contributed by atoms with van der Waals surface area (Å²) in [5, 5.41) is 44.5. The van der Waals surface area contributed by atoms with Crippen LogP contribution in [-0.4, -0.2) is 44.3 Å². The first-order chi connectivity index (χ1) is 15.5. The first-order valence-electron chi connectivity index (χ1n) is 13.9. The average molecular weight is 477 g/mol. The highest BCUT2D eigenvalue weighted by atomic mass is 16.3. The minimum atomic E-state index is -0.916. The van der Waals surface area contributed by atoms with Crippen LogP contribution in [-0.2, 0) is 0 Å². The van der Waals surface area contributed by atoms with Gasteiger partial charge >= 0.3 is 0 Å². The topological polar surface area (TPSA) is 80.9 Å². The molecule has 196 valence electrons. The van der Waals surface area contributed by atoms with E-state index in [1.165, 1.54) is 0 Å². The Balaban J connectivity index is 1.64. The van der Waals surface area contributed by atoms with E-state index in [0.29, 0.717) is 24.7 Å². The summed E-state index contributed by atoms with van der Waals surface area (Å²) in [6, 6.07) is 0. The zero-order valence-electron chi connectivity index (χ0n) is 22.9. The lowest BCUT2D eigenvalue weighted by Gasteiger charge is -2.70. The zero-order chi connectivity index (χ0) is 25.5. The van der Waals surface area contributed by atoms with Gasteiger partial charge in [0.2, 0.25) is 0 Å². The summed E-state index contributed by atoms with van der Waals surface area (Å²) < 4.78 is 0. The molecule has 0 bridgehead atoms. The van der Waals surface area contributed by atoms with Crippen molar-refractivity contribution in [2.24, 2.45) is 45.3 Å². The Hall–Kier alpha value is -0.420. The van der Waals surface area contributed by atoms with Crippen LogP contribution >= 0.6 is 0 Å². The summed E-state index contributed by atoms with van der Waals surface area (Å²) in [5.74, 6) is 1.01. The van der Waals surface area contributed by atoms with Crippen LogP contribution in [0.4, 0.5) is 0 Å². The largest absolute Gasteiger partial charge is 0.393 e. The third-order valence-electron chi connectivity index (χ3n) is 12.7. The van der Waals surface area contributed by atoms with Gasteiger partial charge in [-0.1, -0.05) is 46.8 Å². The molecule has 34 heavy (non-hydrogen) atoms. The Kier molecular flexibility index (Phi) is 6.50. The second kappa shape index (κ2) is 8.30. The van der Waals surface area contributed by atoms with Crippen LogP contribution < -0.4 is 0 Å². The van der Waals surface area contributed by atoms with E-state index >= 15 is 0 Å². The van der Waals surface area contributed by atoms with Gasteiger partial charge in [-0.3, -0.25) is 0 Å². The third kappa shape index (κ3) is 3.60. The van der Waals surface area contributed by atoms with Crippen LogP contribution in [0.3, 0.4) is 0 Å². The van der Waals surface area contributed by atoms with Crippen LogP contribution in [0.1, 0.15) is 106 Å². The molecule has 0 aliphatic heterocycles. The molecule has 4 nitrogen and oxygen atoms in total. The van der Waals surface area contributed by atoms with E-state index in [9.17, 15) is 20.4 Å². The first kappa shape index (κ1) is 26.6. The Morgan fingerprint density at radius 1 is 0.971 bits per heavy atom. The van der Waals surface area contributed by atoms with Gasteiger partial charge in [-0.15, -0.1) is 0 Å². The van der Waals surface area contributed by atoms with Gasteiger partial charge in [-0.25, -0.2) is 0 Å². The summed E-state index contributed by atoms with van der Waals surface area (Å²) in [4.78, 5) is 0. The molecule has 0 aromatic heterocycles. The van der Waals surface area contributed by atoms with Gasteiger partial charge in [-0.05, 0) is 117 Å². The van der Waals surface area contributed by atoms with E-state index in [4.69, 9.17) is 0 Å². The fraction of sp³-hybridized carbons (Fsp3) is 0.933. The number of hydrogen-bond acceptors (Lipinski definition) is 4. The van der Waals surface area contributed by atoms with Crippen molar-refractivity contribution in [3.8, 4) is 0 Å². The van der Waals surface area contributed by atoms with Crippen molar-refractivity contribution in [1.82, 2.24) is 0 Å². The fourth-order valence-corrected chi connectivity index (χ4v) is 10.3. The van der Waals surface area contributed by atoms with Gasteiger partial charge in [0.15, 0.2) is 0 Å². The molecule has 4 saturated carbocycles.